The first kappa shape index (κ1) is 20.5. The minimum Gasteiger partial charge on any atom is -0.462 e. The van der Waals surface area contributed by atoms with E-state index >= 15 is 0 Å². The number of esters is 1. The molecule has 19 heavy (non-hydrogen) atoms. The summed E-state index contributed by atoms with van der Waals surface area (Å²) >= 11 is 0. The molecule has 2 nitrogen and oxygen atoms in total. The molecule has 0 bridgehead atoms. The molecular formula is C16H22NaO2. The van der Waals surface area contributed by atoms with E-state index in [-0.39, 0.29) is 35.5 Å². The van der Waals surface area contributed by atoms with Crippen molar-refractivity contribution in [3.8, 4) is 0 Å². The Bertz CT molecular complexity index is 372. The number of hydrogen-bond donors (Lipinski definition) is 0. The molecule has 0 atom stereocenters. The maximum atomic E-state index is 10.7. The van der Waals surface area contributed by atoms with Gasteiger partial charge in [-0.2, -0.15) is 0 Å². The molecule has 0 amide bonds. The molecule has 0 saturated heterocycles. The minimum absolute atomic E-state index is 0. The first-order chi connectivity index (χ1) is 8.61. The summed E-state index contributed by atoms with van der Waals surface area (Å²) in [6, 6.07) is 10.0. The molecule has 0 aliphatic rings. The number of hydrogen-bond acceptors (Lipinski definition) is 2. The SMILES string of the molecule is C=C(C)C(=O)OCCCC.C=Cc1ccccc1.[Na]. The van der Waals surface area contributed by atoms with Gasteiger partial charge in [0, 0.05) is 35.1 Å². The van der Waals surface area contributed by atoms with E-state index in [0.717, 1.165) is 12.8 Å². The van der Waals surface area contributed by atoms with Gasteiger partial charge in [-0.1, -0.05) is 62.9 Å². The van der Waals surface area contributed by atoms with E-state index in [9.17, 15) is 4.79 Å². The third-order valence-corrected chi connectivity index (χ3v) is 2.11. The molecule has 0 aliphatic heterocycles. The van der Waals surface area contributed by atoms with Crippen molar-refractivity contribution in [2.45, 2.75) is 26.7 Å². The van der Waals surface area contributed by atoms with Gasteiger partial charge in [-0.25, -0.2) is 4.79 Å². The van der Waals surface area contributed by atoms with E-state index < -0.39 is 0 Å². The molecule has 0 saturated carbocycles. The number of benzene rings is 1. The zero-order chi connectivity index (χ0) is 13.8. The Balaban J connectivity index is 0. The van der Waals surface area contributed by atoms with Crippen LogP contribution in [0.5, 0.6) is 0 Å². The number of carbonyl (C=O) groups is 1. The Kier molecular flexibility index (Phi) is 14.7. The van der Waals surface area contributed by atoms with Gasteiger partial charge in [-0.3, -0.25) is 0 Å². The third kappa shape index (κ3) is 12.0. The molecule has 0 unspecified atom stereocenters. The van der Waals surface area contributed by atoms with Crippen LogP contribution in [0.25, 0.3) is 6.08 Å². The minimum atomic E-state index is -0.284. The van der Waals surface area contributed by atoms with E-state index in [0.29, 0.717) is 12.2 Å². The average molecular weight is 269 g/mol. The van der Waals surface area contributed by atoms with Crippen LogP contribution in [0.2, 0.25) is 0 Å². The molecule has 0 heterocycles. The molecule has 0 aliphatic carbocycles. The van der Waals surface area contributed by atoms with Gasteiger partial charge in [-0.15, -0.1) is 0 Å². The van der Waals surface area contributed by atoms with Gasteiger partial charge in [0.2, 0.25) is 0 Å². The van der Waals surface area contributed by atoms with Crippen LogP contribution in [0.3, 0.4) is 0 Å². The van der Waals surface area contributed by atoms with E-state index in [1.54, 1.807) is 6.92 Å². The van der Waals surface area contributed by atoms with Crippen molar-refractivity contribution in [2.75, 3.05) is 6.61 Å². The van der Waals surface area contributed by atoms with Crippen LogP contribution >= 0.6 is 0 Å². The van der Waals surface area contributed by atoms with Crippen molar-refractivity contribution in [3.05, 3.63) is 54.6 Å². The van der Waals surface area contributed by atoms with Gasteiger partial charge in [0.15, 0.2) is 0 Å². The van der Waals surface area contributed by atoms with Gasteiger partial charge < -0.3 is 4.74 Å². The van der Waals surface area contributed by atoms with E-state index in [4.69, 9.17) is 4.74 Å². The van der Waals surface area contributed by atoms with Crippen molar-refractivity contribution in [2.24, 2.45) is 0 Å². The molecule has 1 aromatic carbocycles. The topological polar surface area (TPSA) is 26.3 Å². The monoisotopic (exact) mass is 269 g/mol. The second kappa shape index (κ2) is 13.6. The summed E-state index contributed by atoms with van der Waals surface area (Å²) in [5.74, 6) is -0.284. The molecule has 0 fully saturated rings. The van der Waals surface area contributed by atoms with Crippen LogP contribution in [0.4, 0.5) is 0 Å². The number of rotatable bonds is 5. The number of ether oxygens (including phenoxy) is 1. The van der Waals surface area contributed by atoms with E-state index in [1.807, 2.05) is 36.4 Å². The summed E-state index contributed by atoms with van der Waals surface area (Å²) in [5.41, 5.74) is 1.64. The van der Waals surface area contributed by atoms with Gasteiger partial charge in [0.05, 0.1) is 6.61 Å². The van der Waals surface area contributed by atoms with Gasteiger partial charge in [0.1, 0.15) is 0 Å². The Labute approximate surface area is 138 Å². The third-order valence-electron chi connectivity index (χ3n) is 2.11. The predicted octanol–water partition coefficient (Wildman–Crippen LogP) is 3.85. The molecule has 0 spiro atoms. The maximum Gasteiger partial charge on any atom is 0.333 e. The Morgan fingerprint density at radius 3 is 2.26 bits per heavy atom. The van der Waals surface area contributed by atoms with Gasteiger partial charge >= 0.3 is 5.97 Å². The molecule has 1 rings (SSSR count). The number of unbranched alkanes of at least 4 members (excludes halogenated alkanes) is 1. The van der Waals surface area contributed by atoms with Crippen molar-refractivity contribution in [1.82, 2.24) is 0 Å². The Morgan fingerprint density at radius 2 is 1.89 bits per heavy atom. The summed E-state index contributed by atoms with van der Waals surface area (Å²) < 4.78 is 4.81. The second-order valence-corrected chi connectivity index (χ2v) is 3.88. The normalized spacial score (nSPS) is 8.32. The molecular weight excluding hydrogens is 247 g/mol. The van der Waals surface area contributed by atoms with Crippen LogP contribution in [0.1, 0.15) is 32.3 Å². The maximum absolute atomic E-state index is 10.7. The zero-order valence-electron chi connectivity index (χ0n) is 12.3. The quantitative estimate of drug-likeness (QED) is 0.351. The van der Waals surface area contributed by atoms with Crippen LogP contribution in [-0.4, -0.2) is 42.1 Å². The summed E-state index contributed by atoms with van der Waals surface area (Å²) in [7, 11) is 0. The first-order valence-corrected chi connectivity index (χ1v) is 6.12. The Morgan fingerprint density at radius 1 is 1.32 bits per heavy atom. The molecule has 1 radical (unpaired) electrons. The summed E-state index contributed by atoms with van der Waals surface area (Å²) in [6.45, 7) is 11.3. The molecule has 0 aromatic heterocycles. The van der Waals surface area contributed by atoms with Crippen LogP contribution in [-0.2, 0) is 9.53 Å². The fourth-order valence-electron chi connectivity index (χ4n) is 1.02. The molecule has 3 heteroatoms. The van der Waals surface area contributed by atoms with Crippen molar-refractivity contribution in [3.63, 3.8) is 0 Å². The fourth-order valence-corrected chi connectivity index (χ4v) is 1.02. The van der Waals surface area contributed by atoms with E-state index in [1.165, 1.54) is 5.56 Å². The summed E-state index contributed by atoms with van der Waals surface area (Å²) in [6.07, 6.45) is 3.81. The standard InChI is InChI=1S/C8H14O2.C8H8.Na/c1-4-5-6-10-8(9)7(2)3;1-2-8-6-4-3-5-7-8;/h2,4-6H2,1,3H3;2-7H,1H2;. The van der Waals surface area contributed by atoms with Crippen LogP contribution in [0.15, 0.2) is 49.1 Å². The second-order valence-electron chi connectivity index (χ2n) is 3.88. The van der Waals surface area contributed by atoms with Gasteiger partial charge in [0.25, 0.3) is 0 Å². The first-order valence-electron chi connectivity index (χ1n) is 6.12. The van der Waals surface area contributed by atoms with Gasteiger partial charge in [-0.05, 0) is 18.9 Å². The van der Waals surface area contributed by atoms with Crippen molar-refractivity contribution >= 4 is 41.6 Å². The average Bonchev–Trinajstić information content (AvgIpc) is 2.40. The zero-order valence-corrected chi connectivity index (χ0v) is 14.3. The molecule has 99 valence electrons. The predicted molar refractivity (Wildman–Crippen MR) is 83.0 cm³/mol. The van der Waals surface area contributed by atoms with Crippen molar-refractivity contribution < 1.29 is 9.53 Å². The van der Waals surface area contributed by atoms with Crippen molar-refractivity contribution in [1.29, 1.82) is 0 Å². The summed E-state index contributed by atoms with van der Waals surface area (Å²) in [5, 5.41) is 0. The largest absolute Gasteiger partial charge is 0.462 e. The Hall–Kier alpha value is -0.830. The van der Waals surface area contributed by atoms with Crippen LogP contribution < -0.4 is 0 Å². The number of carbonyl (C=O) groups excluding carboxylic acids is 1. The van der Waals surface area contributed by atoms with Crippen LogP contribution in [0, 0.1) is 0 Å². The fraction of sp³-hybridized carbons (Fsp3) is 0.312. The smallest absolute Gasteiger partial charge is 0.333 e. The molecule has 0 N–H and O–H groups in total. The van der Waals surface area contributed by atoms with E-state index in [2.05, 4.69) is 20.1 Å². The molecule has 1 aromatic rings. The summed E-state index contributed by atoms with van der Waals surface area (Å²) in [4.78, 5) is 10.7.